The minimum absolute atomic E-state index is 0.0202. The van der Waals surface area contributed by atoms with Crippen molar-refractivity contribution in [2.24, 2.45) is 0 Å². The fourth-order valence-electron chi connectivity index (χ4n) is 3.52. The van der Waals surface area contributed by atoms with Crippen LogP contribution in [-0.4, -0.2) is 51.4 Å². The fraction of sp³-hybridized carbons (Fsp3) is 0.455. The summed E-state index contributed by atoms with van der Waals surface area (Å²) in [6, 6.07) is 10.4. The number of hydrogen-bond acceptors (Lipinski definition) is 5. The Labute approximate surface area is 171 Å². The zero-order valence-corrected chi connectivity index (χ0v) is 17.1. The number of benzene rings is 1. The first-order valence-corrected chi connectivity index (χ1v) is 10.3. The SMILES string of the molecule is CC(C)c1ccc(OCCc2cc(C3CN(Cc4ncc[nH]4)CCO3)n[nH]2)cc1. The van der Waals surface area contributed by atoms with Crippen LogP contribution >= 0.6 is 0 Å². The van der Waals surface area contributed by atoms with Crippen molar-refractivity contribution in [2.75, 3.05) is 26.3 Å². The summed E-state index contributed by atoms with van der Waals surface area (Å²) >= 11 is 0. The second-order valence-electron chi connectivity index (χ2n) is 7.77. The summed E-state index contributed by atoms with van der Waals surface area (Å²) in [4.78, 5) is 9.81. The van der Waals surface area contributed by atoms with Gasteiger partial charge in [0.2, 0.25) is 0 Å². The lowest BCUT2D eigenvalue weighted by molar-refractivity contribution is -0.0356. The molecule has 1 saturated heterocycles. The number of aromatic nitrogens is 4. The average Bonchev–Trinajstić information content (AvgIpc) is 3.41. The molecule has 154 valence electrons. The lowest BCUT2D eigenvalue weighted by Gasteiger charge is -2.31. The van der Waals surface area contributed by atoms with E-state index in [4.69, 9.17) is 9.47 Å². The predicted octanol–water partition coefficient (Wildman–Crippen LogP) is 3.45. The molecule has 7 heteroatoms. The van der Waals surface area contributed by atoms with Crippen LogP contribution in [0.15, 0.2) is 42.7 Å². The van der Waals surface area contributed by atoms with Gasteiger partial charge in [0.1, 0.15) is 17.7 Å². The Morgan fingerprint density at radius 3 is 2.90 bits per heavy atom. The van der Waals surface area contributed by atoms with Crippen LogP contribution in [0.3, 0.4) is 0 Å². The summed E-state index contributed by atoms with van der Waals surface area (Å²) in [5.41, 5.74) is 3.33. The van der Waals surface area contributed by atoms with E-state index in [1.807, 2.05) is 18.3 Å². The quantitative estimate of drug-likeness (QED) is 0.611. The van der Waals surface area contributed by atoms with Gasteiger partial charge in [0.25, 0.3) is 0 Å². The molecule has 4 rings (SSSR count). The van der Waals surface area contributed by atoms with Crippen LogP contribution < -0.4 is 4.74 Å². The number of hydrogen-bond donors (Lipinski definition) is 2. The van der Waals surface area contributed by atoms with Crippen LogP contribution in [0.2, 0.25) is 0 Å². The Morgan fingerprint density at radius 2 is 2.14 bits per heavy atom. The highest BCUT2D eigenvalue weighted by atomic mass is 16.5. The van der Waals surface area contributed by atoms with Gasteiger partial charge in [0, 0.05) is 37.6 Å². The zero-order valence-electron chi connectivity index (χ0n) is 17.1. The third-order valence-electron chi connectivity index (χ3n) is 5.25. The first kappa shape index (κ1) is 19.7. The zero-order chi connectivity index (χ0) is 20.1. The van der Waals surface area contributed by atoms with Crippen LogP contribution in [0.25, 0.3) is 0 Å². The van der Waals surface area contributed by atoms with Gasteiger partial charge in [-0.15, -0.1) is 0 Å². The Balaban J connectivity index is 1.26. The van der Waals surface area contributed by atoms with Gasteiger partial charge in [-0.05, 0) is 29.7 Å². The van der Waals surface area contributed by atoms with Crippen molar-refractivity contribution >= 4 is 0 Å². The van der Waals surface area contributed by atoms with E-state index in [1.54, 1.807) is 6.20 Å². The molecule has 0 spiro atoms. The summed E-state index contributed by atoms with van der Waals surface area (Å²) in [5, 5.41) is 7.60. The van der Waals surface area contributed by atoms with Crippen molar-refractivity contribution in [3.63, 3.8) is 0 Å². The first-order valence-electron chi connectivity index (χ1n) is 10.3. The second kappa shape index (κ2) is 9.24. The molecule has 1 atom stereocenters. The monoisotopic (exact) mass is 395 g/mol. The number of ether oxygens (including phenoxy) is 2. The molecular weight excluding hydrogens is 366 g/mol. The van der Waals surface area contributed by atoms with Crippen molar-refractivity contribution in [1.29, 1.82) is 0 Å². The molecule has 1 unspecified atom stereocenters. The van der Waals surface area contributed by atoms with Gasteiger partial charge in [-0.1, -0.05) is 26.0 Å². The highest BCUT2D eigenvalue weighted by Gasteiger charge is 2.24. The molecule has 1 aromatic carbocycles. The van der Waals surface area contributed by atoms with Gasteiger partial charge < -0.3 is 14.5 Å². The minimum atomic E-state index is -0.0202. The lowest BCUT2D eigenvalue weighted by atomic mass is 10.0. The molecule has 2 N–H and O–H groups in total. The standard InChI is InChI=1S/C22H29N5O2/c1-16(2)17-3-5-19(6-4-17)28-11-7-18-13-20(26-25-18)21-14-27(10-12-29-21)15-22-23-8-9-24-22/h3-6,8-9,13,16,21H,7,10-12,14-15H2,1-2H3,(H,23,24)(H,25,26). The van der Waals surface area contributed by atoms with E-state index in [0.29, 0.717) is 19.1 Å². The molecule has 0 saturated carbocycles. The summed E-state index contributed by atoms with van der Waals surface area (Å²) in [5.74, 6) is 2.41. The molecule has 0 bridgehead atoms. The van der Waals surface area contributed by atoms with Crippen LogP contribution in [-0.2, 0) is 17.7 Å². The summed E-state index contributed by atoms with van der Waals surface area (Å²) in [6.45, 7) is 8.20. The Bertz CT molecular complexity index is 873. The molecule has 0 aliphatic carbocycles. The molecule has 1 fully saturated rings. The van der Waals surface area contributed by atoms with Crippen molar-refractivity contribution < 1.29 is 9.47 Å². The number of morpholine rings is 1. The lowest BCUT2D eigenvalue weighted by Crippen LogP contribution is -2.38. The number of nitrogens with zero attached hydrogens (tertiary/aromatic N) is 3. The van der Waals surface area contributed by atoms with Crippen molar-refractivity contribution in [1.82, 2.24) is 25.1 Å². The number of rotatable bonds is 8. The molecule has 7 nitrogen and oxygen atoms in total. The van der Waals surface area contributed by atoms with E-state index in [9.17, 15) is 0 Å². The largest absolute Gasteiger partial charge is 0.493 e. The van der Waals surface area contributed by atoms with E-state index in [1.165, 1.54) is 5.56 Å². The van der Waals surface area contributed by atoms with E-state index in [0.717, 1.165) is 49.0 Å². The van der Waals surface area contributed by atoms with E-state index in [-0.39, 0.29) is 6.10 Å². The van der Waals surface area contributed by atoms with E-state index in [2.05, 4.69) is 57.1 Å². The van der Waals surface area contributed by atoms with Crippen molar-refractivity contribution in [2.45, 2.75) is 38.8 Å². The van der Waals surface area contributed by atoms with Crippen LogP contribution in [0.1, 0.15) is 48.6 Å². The molecule has 2 aromatic heterocycles. The number of aromatic amines is 2. The molecule has 3 aromatic rings. The van der Waals surface area contributed by atoms with E-state index >= 15 is 0 Å². The minimum Gasteiger partial charge on any atom is -0.493 e. The van der Waals surface area contributed by atoms with Gasteiger partial charge in [-0.25, -0.2) is 4.98 Å². The normalized spacial score (nSPS) is 17.7. The Morgan fingerprint density at radius 1 is 1.28 bits per heavy atom. The molecule has 1 aliphatic rings. The maximum Gasteiger partial charge on any atom is 0.120 e. The van der Waals surface area contributed by atoms with Gasteiger partial charge in [0.05, 0.1) is 25.5 Å². The molecule has 0 amide bonds. The third-order valence-corrected chi connectivity index (χ3v) is 5.25. The van der Waals surface area contributed by atoms with Crippen molar-refractivity contribution in [3.05, 3.63) is 65.5 Å². The fourth-order valence-corrected chi connectivity index (χ4v) is 3.52. The Hall–Kier alpha value is -2.64. The summed E-state index contributed by atoms with van der Waals surface area (Å²) in [6.07, 6.45) is 4.40. The molecule has 1 aliphatic heterocycles. The number of imidazole rings is 1. The summed E-state index contributed by atoms with van der Waals surface area (Å²) in [7, 11) is 0. The number of nitrogens with one attached hydrogen (secondary N) is 2. The van der Waals surface area contributed by atoms with Gasteiger partial charge in [-0.2, -0.15) is 5.10 Å². The topological polar surface area (TPSA) is 79.1 Å². The predicted molar refractivity (Wildman–Crippen MR) is 111 cm³/mol. The average molecular weight is 396 g/mol. The highest BCUT2D eigenvalue weighted by Crippen LogP contribution is 2.22. The van der Waals surface area contributed by atoms with Gasteiger partial charge in [0.15, 0.2) is 0 Å². The Kier molecular flexibility index (Phi) is 6.27. The first-order chi connectivity index (χ1) is 14.2. The second-order valence-corrected chi connectivity index (χ2v) is 7.77. The number of H-pyrrole nitrogens is 2. The van der Waals surface area contributed by atoms with E-state index < -0.39 is 0 Å². The van der Waals surface area contributed by atoms with Gasteiger partial charge in [-0.3, -0.25) is 10.00 Å². The highest BCUT2D eigenvalue weighted by molar-refractivity contribution is 5.29. The van der Waals surface area contributed by atoms with Crippen LogP contribution in [0.5, 0.6) is 5.75 Å². The van der Waals surface area contributed by atoms with Gasteiger partial charge >= 0.3 is 0 Å². The van der Waals surface area contributed by atoms with Crippen LogP contribution in [0.4, 0.5) is 0 Å². The van der Waals surface area contributed by atoms with Crippen molar-refractivity contribution in [3.8, 4) is 5.75 Å². The third kappa shape index (κ3) is 5.25. The molecule has 0 radical (unpaired) electrons. The van der Waals surface area contributed by atoms with Crippen LogP contribution in [0, 0.1) is 0 Å². The molecular formula is C22H29N5O2. The summed E-state index contributed by atoms with van der Waals surface area (Å²) < 4.78 is 11.8. The molecule has 29 heavy (non-hydrogen) atoms. The smallest absolute Gasteiger partial charge is 0.120 e. The maximum absolute atomic E-state index is 5.94. The molecule has 3 heterocycles. The maximum atomic E-state index is 5.94.